The van der Waals surface area contributed by atoms with Crippen molar-refractivity contribution in [1.82, 2.24) is 15.1 Å². The van der Waals surface area contributed by atoms with Gasteiger partial charge in [-0.25, -0.2) is 4.21 Å². The predicted octanol–water partition coefficient (Wildman–Crippen LogP) is 4.34. The first-order valence-corrected chi connectivity index (χ1v) is 9.22. The van der Waals surface area contributed by atoms with Crippen LogP contribution in [0.3, 0.4) is 0 Å². The number of nitrogens with zero attached hydrogens (tertiary/aromatic N) is 4. The molecule has 30 heavy (non-hydrogen) atoms. The average Bonchev–Trinajstić information content (AvgIpc) is 3.18. The summed E-state index contributed by atoms with van der Waals surface area (Å²) in [5.41, 5.74) is -5.73. The summed E-state index contributed by atoms with van der Waals surface area (Å²) in [6.07, 6.45) is -2.92. The molecule has 2 heterocycles. The molecular formula is C16H8F6N4O3S. The highest BCUT2D eigenvalue weighted by atomic mass is 32.2. The molecule has 0 aliphatic heterocycles. The van der Waals surface area contributed by atoms with Crippen LogP contribution in [-0.4, -0.2) is 30.7 Å². The summed E-state index contributed by atoms with van der Waals surface area (Å²) in [6, 6.07) is 5.76. The number of amides is 1. The van der Waals surface area contributed by atoms with Gasteiger partial charge in [-0.3, -0.25) is 9.78 Å². The van der Waals surface area contributed by atoms with Gasteiger partial charge in [0.1, 0.15) is 0 Å². The van der Waals surface area contributed by atoms with Gasteiger partial charge in [-0.2, -0.15) is 31.3 Å². The van der Waals surface area contributed by atoms with Gasteiger partial charge < -0.3 is 4.52 Å². The van der Waals surface area contributed by atoms with E-state index in [2.05, 4.69) is 24.0 Å². The van der Waals surface area contributed by atoms with Gasteiger partial charge in [0, 0.05) is 23.5 Å². The van der Waals surface area contributed by atoms with Crippen LogP contribution in [0, 0.1) is 0 Å². The molecule has 0 N–H and O–H groups in total. The van der Waals surface area contributed by atoms with E-state index in [-0.39, 0.29) is 11.1 Å². The maximum atomic E-state index is 13.4. The van der Waals surface area contributed by atoms with Crippen molar-refractivity contribution in [1.29, 1.82) is 0 Å². The van der Waals surface area contributed by atoms with E-state index in [1.165, 1.54) is 0 Å². The van der Waals surface area contributed by atoms with Gasteiger partial charge in [-0.05, 0) is 24.3 Å². The van der Waals surface area contributed by atoms with Gasteiger partial charge in [0.25, 0.3) is 5.91 Å². The zero-order valence-corrected chi connectivity index (χ0v) is 15.1. The Balaban J connectivity index is 1.95. The first kappa shape index (κ1) is 21.4. The van der Waals surface area contributed by atoms with Gasteiger partial charge in [0.2, 0.25) is 5.82 Å². The molecule has 1 unspecified atom stereocenters. The van der Waals surface area contributed by atoms with Crippen LogP contribution in [0.15, 0.2) is 62.6 Å². The Morgan fingerprint density at radius 1 is 0.967 bits per heavy atom. The van der Waals surface area contributed by atoms with Gasteiger partial charge in [-0.15, -0.1) is 4.36 Å². The molecule has 1 atom stereocenters. The number of benzene rings is 1. The molecule has 7 nitrogen and oxygen atoms in total. The largest absolute Gasteiger partial charge is 0.484 e. The molecule has 0 spiro atoms. The molecular weight excluding hydrogens is 442 g/mol. The van der Waals surface area contributed by atoms with Crippen molar-refractivity contribution in [2.45, 2.75) is 16.6 Å². The lowest BCUT2D eigenvalue weighted by Crippen LogP contribution is -2.24. The SMILES string of the molecule is O=C(N=S(=O)(c1ccncc1)C(F)(F)F)c1ccc(-c2noc(C(F)(F)F)n2)cc1. The van der Waals surface area contributed by atoms with Crippen LogP contribution in [-0.2, 0) is 15.9 Å². The van der Waals surface area contributed by atoms with Crippen LogP contribution in [0.2, 0.25) is 0 Å². The summed E-state index contributed by atoms with van der Waals surface area (Å²) in [4.78, 5) is 18.1. The molecule has 0 aliphatic carbocycles. The molecule has 1 aromatic carbocycles. The minimum absolute atomic E-state index is 0.00325. The molecule has 0 radical (unpaired) electrons. The van der Waals surface area contributed by atoms with Crippen LogP contribution in [0.1, 0.15) is 16.2 Å². The van der Waals surface area contributed by atoms with E-state index < -0.39 is 43.9 Å². The highest BCUT2D eigenvalue weighted by Gasteiger charge is 2.45. The van der Waals surface area contributed by atoms with E-state index in [0.29, 0.717) is 0 Å². The fraction of sp³-hybridized carbons (Fsp3) is 0.125. The monoisotopic (exact) mass is 450 g/mol. The maximum absolute atomic E-state index is 13.4. The van der Waals surface area contributed by atoms with Crippen LogP contribution in [0.4, 0.5) is 26.3 Å². The zero-order valence-electron chi connectivity index (χ0n) is 14.3. The Morgan fingerprint density at radius 3 is 2.07 bits per heavy atom. The predicted molar refractivity (Wildman–Crippen MR) is 88.2 cm³/mol. The number of alkyl halides is 6. The first-order valence-electron chi connectivity index (χ1n) is 7.71. The standard InChI is InChI=1S/C16H8F6N4O3S/c17-15(18,19)14-24-12(25-29-14)9-1-3-10(4-2-9)13(27)26-30(28,16(20,21)22)11-5-7-23-8-6-11/h1-8H. The van der Waals surface area contributed by atoms with Crippen LogP contribution >= 0.6 is 0 Å². The quantitative estimate of drug-likeness (QED) is 0.551. The number of aromatic nitrogens is 3. The van der Waals surface area contributed by atoms with E-state index in [0.717, 1.165) is 48.8 Å². The number of rotatable bonds is 3. The topological polar surface area (TPSA) is 98.3 Å². The summed E-state index contributed by atoms with van der Waals surface area (Å²) < 4.78 is 97.2. The van der Waals surface area contributed by atoms with E-state index in [9.17, 15) is 35.3 Å². The minimum Gasteiger partial charge on any atom is -0.329 e. The van der Waals surface area contributed by atoms with Crippen molar-refractivity contribution in [3.8, 4) is 11.4 Å². The fourth-order valence-electron chi connectivity index (χ4n) is 2.15. The zero-order chi connectivity index (χ0) is 22.2. The molecule has 0 aliphatic rings. The molecule has 0 bridgehead atoms. The third kappa shape index (κ3) is 4.17. The van der Waals surface area contributed by atoms with Crippen molar-refractivity contribution in [2.75, 3.05) is 0 Å². The molecule has 0 saturated heterocycles. The summed E-state index contributed by atoms with van der Waals surface area (Å²) in [7, 11) is -5.14. The molecule has 158 valence electrons. The lowest BCUT2D eigenvalue weighted by Gasteiger charge is -2.13. The van der Waals surface area contributed by atoms with Crippen molar-refractivity contribution >= 4 is 15.6 Å². The van der Waals surface area contributed by atoms with Crippen molar-refractivity contribution < 1.29 is 39.9 Å². The Kier molecular flexibility index (Phi) is 5.36. The molecule has 1 amide bonds. The molecule has 3 aromatic rings. The summed E-state index contributed by atoms with van der Waals surface area (Å²) in [5, 5.41) is 3.14. The summed E-state index contributed by atoms with van der Waals surface area (Å²) in [6.45, 7) is 0. The van der Waals surface area contributed by atoms with Gasteiger partial charge in [-0.1, -0.05) is 17.3 Å². The van der Waals surface area contributed by atoms with E-state index in [1.807, 2.05) is 0 Å². The van der Waals surface area contributed by atoms with Crippen LogP contribution in [0.25, 0.3) is 11.4 Å². The van der Waals surface area contributed by atoms with Crippen molar-refractivity contribution in [3.05, 3.63) is 60.2 Å². The Bertz CT molecular complexity index is 1180. The van der Waals surface area contributed by atoms with Crippen LogP contribution in [0.5, 0.6) is 0 Å². The molecule has 0 fully saturated rings. The number of halogens is 6. The van der Waals surface area contributed by atoms with Gasteiger partial charge in [0.15, 0.2) is 9.73 Å². The second kappa shape index (κ2) is 7.51. The number of hydrogen-bond acceptors (Lipinski definition) is 6. The lowest BCUT2D eigenvalue weighted by atomic mass is 10.1. The number of hydrogen-bond donors (Lipinski definition) is 0. The first-order chi connectivity index (χ1) is 13.9. The minimum atomic E-state index is -5.34. The molecule has 2 aromatic heterocycles. The van der Waals surface area contributed by atoms with Crippen molar-refractivity contribution in [2.24, 2.45) is 4.36 Å². The Morgan fingerprint density at radius 2 is 1.57 bits per heavy atom. The maximum Gasteiger partial charge on any atom is 0.484 e. The smallest absolute Gasteiger partial charge is 0.329 e. The Hall–Kier alpha value is -3.29. The molecule has 14 heteroatoms. The number of carbonyl (C=O) groups excluding carboxylic acids is 1. The highest BCUT2D eigenvalue weighted by Crippen LogP contribution is 2.33. The molecule has 3 rings (SSSR count). The van der Waals surface area contributed by atoms with E-state index in [4.69, 9.17) is 0 Å². The number of carbonyl (C=O) groups is 1. The van der Waals surface area contributed by atoms with E-state index in [1.54, 1.807) is 0 Å². The average molecular weight is 450 g/mol. The van der Waals surface area contributed by atoms with E-state index >= 15 is 0 Å². The second-order valence-corrected chi connectivity index (χ2v) is 7.72. The lowest BCUT2D eigenvalue weighted by molar-refractivity contribution is -0.159. The molecule has 0 saturated carbocycles. The third-order valence-corrected chi connectivity index (χ3v) is 5.51. The third-order valence-electron chi connectivity index (χ3n) is 3.55. The summed E-state index contributed by atoms with van der Waals surface area (Å²) >= 11 is 0. The number of pyridine rings is 1. The fourth-order valence-corrected chi connectivity index (χ4v) is 3.45. The van der Waals surface area contributed by atoms with Crippen molar-refractivity contribution in [3.63, 3.8) is 0 Å². The van der Waals surface area contributed by atoms with Gasteiger partial charge in [0.05, 0.1) is 4.90 Å². The highest BCUT2D eigenvalue weighted by molar-refractivity contribution is 7.94. The normalized spacial score (nSPS) is 14.2. The second-order valence-electron chi connectivity index (χ2n) is 5.55. The van der Waals surface area contributed by atoms with Crippen LogP contribution < -0.4 is 0 Å². The summed E-state index contributed by atoms with van der Waals surface area (Å²) in [5.74, 6) is -3.48. The Labute approximate surface area is 163 Å². The van der Waals surface area contributed by atoms with Gasteiger partial charge >= 0.3 is 17.6 Å².